The quantitative estimate of drug-likeness (QED) is 0.182. The maximum absolute atomic E-state index is 2.50. The number of anilines is 6. The number of nitrogens with zero attached hydrogens (tertiary/aromatic N) is 2. The van der Waals surface area contributed by atoms with Gasteiger partial charge >= 0.3 is 0 Å². The summed E-state index contributed by atoms with van der Waals surface area (Å²) in [6.45, 7) is 4.57. The summed E-state index contributed by atoms with van der Waals surface area (Å²) in [5.41, 5.74) is 18.8. The molecule has 47 heavy (non-hydrogen) atoms. The number of hydrogen-bond acceptors (Lipinski definition) is 2. The van der Waals surface area contributed by atoms with E-state index < -0.39 is 0 Å². The number of para-hydroxylation sites is 1. The van der Waals surface area contributed by atoms with Gasteiger partial charge in [-0.2, -0.15) is 0 Å². The Kier molecular flexibility index (Phi) is 6.40. The first kappa shape index (κ1) is 27.5. The van der Waals surface area contributed by atoms with E-state index in [0.717, 1.165) is 17.1 Å². The number of fused-ring (bicyclic) bond motifs is 5. The van der Waals surface area contributed by atoms with Crippen LogP contribution in [0.1, 0.15) is 11.1 Å². The average molecular weight is 601 g/mol. The van der Waals surface area contributed by atoms with Crippen molar-refractivity contribution in [1.29, 1.82) is 0 Å². The molecule has 0 bridgehead atoms. The van der Waals surface area contributed by atoms with Crippen LogP contribution in [0.3, 0.4) is 0 Å². The number of hydrogen-bond donors (Lipinski definition) is 0. The molecule has 0 saturated carbocycles. The van der Waals surface area contributed by atoms with Crippen molar-refractivity contribution in [1.82, 2.24) is 0 Å². The van der Waals surface area contributed by atoms with E-state index in [-0.39, 0.29) is 6.71 Å². The zero-order chi connectivity index (χ0) is 31.5. The molecule has 0 atom stereocenters. The van der Waals surface area contributed by atoms with Gasteiger partial charge in [0, 0.05) is 34.1 Å². The lowest BCUT2D eigenvalue weighted by Crippen LogP contribution is -2.54. The van der Waals surface area contributed by atoms with Crippen molar-refractivity contribution in [2.75, 3.05) is 9.80 Å². The standard InChI is InChI=1S/C44H33BN2/c1-30-12-11-17-36(26-30)47-42-27-31(2)20-25-41(42)45-40-19-10-9-18-38(40)39-28-37(29-43(47)44(39)45)46(34-15-7-4-8-16-34)35-23-21-33(22-24-35)32-13-5-3-6-14-32/h3-29H,1-2H3. The zero-order valence-corrected chi connectivity index (χ0v) is 26.6. The van der Waals surface area contributed by atoms with E-state index in [2.05, 4.69) is 187 Å². The molecule has 0 spiro atoms. The van der Waals surface area contributed by atoms with Gasteiger partial charge in [-0.1, -0.05) is 115 Å². The van der Waals surface area contributed by atoms with Crippen molar-refractivity contribution in [3.8, 4) is 22.3 Å². The molecule has 0 saturated heterocycles. The van der Waals surface area contributed by atoms with Gasteiger partial charge in [-0.3, -0.25) is 0 Å². The van der Waals surface area contributed by atoms with E-state index >= 15 is 0 Å². The van der Waals surface area contributed by atoms with Crippen LogP contribution in [0.5, 0.6) is 0 Å². The molecule has 0 unspecified atom stereocenters. The molecular weight excluding hydrogens is 567 g/mol. The van der Waals surface area contributed by atoms with Crippen molar-refractivity contribution >= 4 is 57.2 Å². The van der Waals surface area contributed by atoms with Crippen molar-refractivity contribution in [2.24, 2.45) is 0 Å². The van der Waals surface area contributed by atoms with Crippen LogP contribution in [0, 0.1) is 13.8 Å². The molecule has 0 aromatic heterocycles. The number of benzene rings is 7. The minimum atomic E-state index is 0.192. The highest BCUT2D eigenvalue weighted by atomic mass is 15.2. The van der Waals surface area contributed by atoms with Crippen molar-refractivity contribution in [3.63, 3.8) is 0 Å². The monoisotopic (exact) mass is 600 g/mol. The molecule has 0 aliphatic carbocycles. The normalized spacial score (nSPS) is 12.4. The molecule has 0 amide bonds. The van der Waals surface area contributed by atoms with Crippen LogP contribution in [0.25, 0.3) is 22.3 Å². The molecule has 2 heterocycles. The molecule has 2 nitrogen and oxygen atoms in total. The SMILES string of the molecule is Cc1cccc(N2c3cc(C)ccc3B3c4ccccc4-c4cc(N(c5ccccc5)c5ccc(-c6ccccc6)cc5)cc2c43)c1. The van der Waals surface area contributed by atoms with Crippen LogP contribution in [-0.4, -0.2) is 6.71 Å². The van der Waals surface area contributed by atoms with E-state index in [1.54, 1.807) is 0 Å². The highest BCUT2D eigenvalue weighted by Gasteiger charge is 2.43. The lowest BCUT2D eigenvalue weighted by molar-refractivity contribution is 1.25. The highest BCUT2D eigenvalue weighted by Crippen LogP contribution is 2.45. The van der Waals surface area contributed by atoms with Crippen molar-refractivity contribution in [2.45, 2.75) is 13.8 Å². The Balaban J connectivity index is 1.31. The molecule has 3 heteroatoms. The summed E-state index contributed by atoms with van der Waals surface area (Å²) in [6.07, 6.45) is 0. The van der Waals surface area contributed by atoms with Crippen LogP contribution < -0.4 is 26.2 Å². The second-order valence-corrected chi connectivity index (χ2v) is 12.8. The van der Waals surface area contributed by atoms with Gasteiger partial charge in [0.2, 0.25) is 6.71 Å². The van der Waals surface area contributed by atoms with Gasteiger partial charge in [0.05, 0.1) is 0 Å². The van der Waals surface area contributed by atoms with Crippen LogP contribution in [-0.2, 0) is 0 Å². The third-order valence-electron chi connectivity index (χ3n) is 9.74. The summed E-state index contributed by atoms with van der Waals surface area (Å²) >= 11 is 0. The number of rotatable bonds is 5. The first-order valence-electron chi connectivity index (χ1n) is 16.4. The Hall–Kier alpha value is -5.80. The lowest BCUT2D eigenvalue weighted by Gasteiger charge is -2.37. The van der Waals surface area contributed by atoms with E-state index in [1.165, 1.54) is 66.8 Å². The van der Waals surface area contributed by atoms with E-state index in [4.69, 9.17) is 0 Å². The molecule has 7 aromatic rings. The molecule has 9 rings (SSSR count). The third kappa shape index (κ3) is 4.50. The number of aryl methyl sites for hydroxylation is 2. The van der Waals surface area contributed by atoms with E-state index in [1.807, 2.05) is 0 Å². The Bertz CT molecular complexity index is 2280. The van der Waals surface area contributed by atoms with Crippen LogP contribution in [0.4, 0.5) is 34.1 Å². The van der Waals surface area contributed by atoms with Crippen molar-refractivity contribution < 1.29 is 0 Å². The fraction of sp³-hybridized carbons (Fsp3) is 0.0455. The van der Waals surface area contributed by atoms with Crippen LogP contribution in [0.15, 0.2) is 164 Å². The third-order valence-corrected chi connectivity index (χ3v) is 9.74. The summed E-state index contributed by atoms with van der Waals surface area (Å²) in [4.78, 5) is 4.91. The highest BCUT2D eigenvalue weighted by molar-refractivity contribution is 7.01. The Morgan fingerprint density at radius 2 is 1.13 bits per heavy atom. The Labute approximate surface area is 277 Å². The van der Waals surface area contributed by atoms with Gasteiger partial charge in [0.15, 0.2) is 0 Å². The molecule has 2 aliphatic heterocycles. The van der Waals surface area contributed by atoms with Gasteiger partial charge in [0.1, 0.15) is 0 Å². The smallest absolute Gasteiger partial charge is 0.248 e. The van der Waals surface area contributed by atoms with E-state index in [0.29, 0.717) is 0 Å². The molecule has 0 N–H and O–H groups in total. The predicted octanol–water partition coefficient (Wildman–Crippen LogP) is 9.72. The maximum atomic E-state index is 2.50. The van der Waals surface area contributed by atoms with Crippen LogP contribution in [0.2, 0.25) is 0 Å². The van der Waals surface area contributed by atoms with Crippen molar-refractivity contribution in [3.05, 3.63) is 175 Å². The second kappa shape index (κ2) is 10.9. The molecule has 0 fully saturated rings. The lowest BCUT2D eigenvalue weighted by atomic mass is 9.37. The van der Waals surface area contributed by atoms with Gasteiger partial charge < -0.3 is 9.80 Å². The van der Waals surface area contributed by atoms with Gasteiger partial charge in [-0.25, -0.2) is 0 Å². The van der Waals surface area contributed by atoms with Gasteiger partial charge in [-0.05, 0) is 113 Å². The molecule has 222 valence electrons. The largest absolute Gasteiger partial charge is 0.311 e. The van der Waals surface area contributed by atoms with E-state index in [9.17, 15) is 0 Å². The molecular formula is C44H33BN2. The fourth-order valence-corrected chi connectivity index (χ4v) is 7.66. The minimum absolute atomic E-state index is 0.192. The molecule has 7 aromatic carbocycles. The molecule has 2 aliphatic rings. The minimum Gasteiger partial charge on any atom is -0.311 e. The summed E-state index contributed by atoms with van der Waals surface area (Å²) in [5.74, 6) is 0. The first-order valence-corrected chi connectivity index (χ1v) is 16.4. The molecule has 0 radical (unpaired) electrons. The maximum Gasteiger partial charge on any atom is 0.248 e. The average Bonchev–Trinajstić information content (AvgIpc) is 3.45. The fourth-order valence-electron chi connectivity index (χ4n) is 7.66. The Morgan fingerprint density at radius 3 is 1.91 bits per heavy atom. The van der Waals surface area contributed by atoms with Crippen LogP contribution >= 0.6 is 0 Å². The summed E-state index contributed by atoms with van der Waals surface area (Å²) in [6, 6.07) is 60.1. The first-order chi connectivity index (χ1) is 23.1. The Morgan fingerprint density at radius 1 is 0.447 bits per heavy atom. The second-order valence-electron chi connectivity index (χ2n) is 12.8. The van der Waals surface area contributed by atoms with Gasteiger partial charge in [-0.15, -0.1) is 0 Å². The topological polar surface area (TPSA) is 6.48 Å². The summed E-state index contributed by atoms with van der Waals surface area (Å²) in [7, 11) is 0. The predicted molar refractivity (Wildman–Crippen MR) is 201 cm³/mol. The zero-order valence-electron chi connectivity index (χ0n) is 26.6. The summed E-state index contributed by atoms with van der Waals surface area (Å²) in [5, 5.41) is 0. The van der Waals surface area contributed by atoms with Gasteiger partial charge in [0.25, 0.3) is 0 Å². The summed E-state index contributed by atoms with van der Waals surface area (Å²) < 4.78 is 0.